The number of carbonyl (C=O) groups excluding carboxylic acids is 1. The lowest BCUT2D eigenvalue weighted by Gasteiger charge is -2.34. The van der Waals surface area contributed by atoms with Gasteiger partial charge >= 0.3 is 0 Å². The highest BCUT2D eigenvalue weighted by Gasteiger charge is 2.37. The van der Waals surface area contributed by atoms with Gasteiger partial charge in [-0.25, -0.2) is 9.97 Å². The van der Waals surface area contributed by atoms with Gasteiger partial charge < -0.3 is 9.80 Å². The van der Waals surface area contributed by atoms with Crippen molar-refractivity contribution in [3.05, 3.63) is 51.4 Å². The van der Waals surface area contributed by atoms with Crippen LogP contribution in [-0.4, -0.2) is 33.9 Å². The Balaban J connectivity index is 1.69. The Morgan fingerprint density at radius 1 is 1.35 bits per heavy atom. The van der Waals surface area contributed by atoms with Crippen molar-refractivity contribution < 1.29 is 4.79 Å². The van der Waals surface area contributed by atoms with Crippen LogP contribution in [0, 0.1) is 18.3 Å². The van der Waals surface area contributed by atoms with Crippen molar-refractivity contribution in [2.24, 2.45) is 0 Å². The van der Waals surface area contributed by atoms with Gasteiger partial charge in [0.25, 0.3) is 5.91 Å². The van der Waals surface area contributed by atoms with Gasteiger partial charge in [0.05, 0.1) is 28.9 Å². The number of rotatable bonds is 2. The van der Waals surface area contributed by atoms with Crippen LogP contribution >= 0.6 is 11.6 Å². The smallest absolute Gasteiger partial charge is 0.254 e. The molecule has 1 atom stereocenters. The van der Waals surface area contributed by atoms with Crippen molar-refractivity contribution in [3.63, 3.8) is 0 Å². The number of fused-ring (bicyclic) bond motifs is 1. The molecular weight excluding hydrogens is 350 g/mol. The van der Waals surface area contributed by atoms with E-state index in [0.29, 0.717) is 22.7 Å². The van der Waals surface area contributed by atoms with Crippen molar-refractivity contribution in [3.8, 4) is 6.07 Å². The first-order valence-electron chi connectivity index (χ1n) is 8.62. The van der Waals surface area contributed by atoms with Crippen LogP contribution in [0.25, 0.3) is 0 Å². The molecule has 0 N–H and O–H groups in total. The standard InChI is InChI=1S/C19H18ClN5O/c1-11-17-16(22-12(2)23-18(17)24-6-3-7-24)10-25(11)19(26)13-4-5-15(20)14(8-13)9-21/h4-5,8,11H,3,6-7,10H2,1-2H3/t11-/m1/s1. The topological polar surface area (TPSA) is 73.1 Å². The minimum absolute atomic E-state index is 0.116. The van der Waals surface area contributed by atoms with Crippen molar-refractivity contribution in [2.45, 2.75) is 32.9 Å². The third kappa shape index (κ3) is 2.60. The molecule has 0 bridgehead atoms. The van der Waals surface area contributed by atoms with E-state index in [4.69, 9.17) is 16.9 Å². The van der Waals surface area contributed by atoms with Gasteiger partial charge in [0.2, 0.25) is 0 Å². The second-order valence-corrected chi connectivity index (χ2v) is 7.12. The number of benzene rings is 1. The second-order valence-electron chi connectivity index (χ2n) is 6.71. The van der Waals surface area contributed by atoms with Crippen molar-refractivity contribution in [1.82, 2.24) is 14.9 Å². The molecule has 7 heteroatoms. The van der Waals surface area contributed by atoms with Crippen molar-refractivity contribution in [2.75, 3.05) is 18.0 Å². The minimum Gasteiger partial charge on any atom is -0.356 e. The molecule has 0 spiro atoms. The zero-order valence-electron chi connectivity index (χ0n) is 14.7. The zero-order valence-corrected chi connectivity index (χ0v) is 15.4. The van der Waals surface area contributed by atoms with Crippen LogP contribution in [0.1, 0.15) is 52.4 Å². The first kappa shape index (κ1) is 16.8. The second kappa shape index (κ2) is 6.26. The molecule has 2 aromatic rings. The molecule has 2 aliphatic rings. The summed E-state index contributed by atoms with van der Waals surface area (Å²) in [5, 5.41) is 9.51. The molecule has 26 heavy (non-hydrogen) atoms. The van der Waals surface area contributed by atoms with Crippen LogP contribution in [0.4, 0.5) is 5.82 Å². The molecule has 0 radical (unpaired) electrons. The largest absolute Gasteiger partial charge is 0.356 e. The number of aromatic nitrogens is 2. The number of aryl methyl sites for hydroxylation is 1. The van der Waals surface area contributed by atoms with E-state index in [0.717, 1.165) is 42.4 Å². The highest BCUT2D eigenvalue weighted by molar-refractivity contribution is 6.31. The lowest BCUT2D eigenvalue weighted by molar-refractivity contribution is 0.0704. The number of anilines is 1. The van der Waals surface area contributed by atoms with Gasteiger partial charge in [-0.2, -0.15) is 5.26 Å². The molecule has 1 saturated heterocycles. The lowest BCUT2D eigenvalue weighted by Crippen LogP contribution is -2.39. The average Bonchev–Trinajstić information content (AvgIpc) is 2.89. The number of hydrogen-bond acceptors (Lipinski definition) is 5. The Kier molecular flexibility index (Phi) is 4.04. The van der Waals surface area contributed by atoms with Crippen LogP contribution in [0.15, 0.2) is 18.2 Å². The quantitative estimate of drug-likeness (QED) is 0.814. The number of nitriles is 1. The average molecular weight is 368 g/mol. The Hall–Kier alpha value is -2.65. The number of hydrogen-bond donors (Lipinski definition) is 0. The summed E-state index contributed by atoms with van der Waals surface area (Å²) >= 11 is 5.99. The molecule has 6 nitrogen and oxygen atoms in total. The third-order valence-corrected chi connectivity index (χ3v) is 5.40. The summed E-state index contributed by atoms with van der Waals surface area (Å²) in [5.41, 5.74) is 2.72. The molecule has 1 aromatic carbocycles. The minimum atomic E-state index is -0.129. The van der Waals surface area contributed by atoms with Crippen LogP contribution in [0.3, 0.4) is 0 Å². The summed E-state index contributed by atoms with van der Waals surface area (Å²) in [6.07, 6.45) is 1.16. The molecule has 1 amide bonds. The Morgan fingerprint density at radius 2 is 2.12 bits per heavy atom. The highest BCUT2D eigenvalue weighted by atomic mass is 35.5. The zero-order chi connectivity index (χ0) is 18.4. The fraction of sp³-hybridized carbons (Fsp3) is 0.368. The van der Waals surface area contributed by atoms with Gasteiger partial charge in [-0.3, -0.25) is 4.79 Å². The van der Waals surface area contributed by atoms with Gasteiger partial charge in [0.1, 0.15) is 17.7 Å². The summed E-state index contributed by atoms with van der Waals surface area (Å²) < 4.78 is 0. The normalized spacial score (nSPS) is 18.3. The predicted molar refractivity (Wildman–Crippen MR) is 98.1 cm³/mol. The Bertz CT molecular complexity index is 948. The molecule has 2 aliphatic heterocycles. The molecule has 3 heterocycles. The van der Waals surface area contributed by atoms with E-state index >= 15 is 0 Å². The summed E-state index contributed by atoms with van der Waals surface area (Å²) in [5.74, 6) is 1.55. The maximum absolute atomic E-state index is 13.1. The Labute approximate surface area is 157 Å². The van der Waals surface area contributed by atoms with Gasteiger partial charge in [0.15, 0.2) is 0 Å². The van der Waals surface area contributed by atoms with Gasteiger partial charge in [-0.1, -0.05) is 11.6 Å². The van der Waals surface area contributed by atoms with Gasteiger partial charge in [-0.05, 0) is 38.5 Å². The molecule has 1 fully saturated rings. The molecule has 0 aliphatic carbocycles. The van der Waals surface area contributed by atoms with Crippen LogP contribution in [0.5, 0.6) is 0 Å². The monoisotopic (exact) mass is 367 g/mol. The fourth-order valence-corrected chi connectivity index (χ4v) is 3.71. The van der Waals surface area contributed by atoms with Crippen LogP contribution < -0.4 is 4.90 Å². The first-order valence-corrected chi connectivity index (χ1v) is 9.00. The van der Waals surface area contributed by atoms with E-state index in [9.17, 15) is 4.79 Å². The van der Waals surface area contributed by atoms with Gasteiger partial charge in [-0.15, -0.1) is 0 Å². The Morgan fingerprint density at radius 3 is 2.77 bits per heavy atom. The van der Waals surface area contributed by atoms with Gasteiger partial charge in [0, 0.05) is 24.2 Å². The van der Waals surface area contributed by atoms with E-state index < -0.39 is 0 Å². The molecule has 1 aromatic heterocycles. The van der Waals surface area contributed by atoms with E-state index in [-0.39, 0.29) is 11.9 Å². The third-order valence-electron chi connectivity index (χ3n) is 5.07. The number of halogens is 1. The SMILES string of the molecule is Cc1nc2c(c(N3CCC3)n1)[C@@H](C)N(C(=O)c1ccc(Cl)c(C#N)c1)C2. The predicted octanol–water partition coefficient (Wildman–Crippen LogP) is 3.24. The fourth-order valence-electron chi connectivity index (χ4n) is 3.55. The van der Waals surface area contributed by atoms with E-state index in [1.165, 1.54) is 0 Å². The van der Waals surface area contributed by atoms with E-state index in [1.807, 2.05) is 19.9 Å². The maximum atomic E-state index is 13.1. The molecule has 0 saturated carbocycles. The summed E-state index contributed by atoms with van der Waals surface area (Å²) in [4.78, 5) is 26.3. The number of amides is 1. The summed E-state index contributed by atoms with van der Waals surface area (Å²) in [6.45, 7) is 6.33. The van der Waals surface area contributed by atoms with Crippen molar-refractivity contribution >= 4 is 23.3 Å². The highest BCUT2D eigenvalue weighted by Crippen LogP contribution is 2.40. The van der Waals surface area contributed by atoms with E-state index in [2.05, 4.69) is 14.9 Å². The molecule has 4 rings (SSSR count). The molecule has 0 unspecified atom stereocenters. The van der Waals surface area contributed by atoms with Crippen molar-refractivity contribution in [1.29, 1.82) is 5.26 Å². The van der Waals surface area contributed by atoms with Crippen LogP contribution in [-0.2, 0) is 6.54 Å². The van der Waals surface area contributed by atoms with E-state index in [1.54, 1.807) is 23.1 Å². The number of carbonyl (C=O) groups is 1. The summed E-state index contributed by atoms with van der Waals surface area (Å²) in [7, 11) is 0. The summed E-state index contributed by atoms with van der Waals surface area (Å²) in [6, 6.07) is 6.71. The number of nitrogens with zero attached hydrogens (tertiary/aromatic N) is 5. The molecular formula is C19H18ClN5O. The lowest BCUT2D eigenvalue weighted by atomic mass is 10.1. The first-order chi connectivity index (χ1) is 12.5. The molecule has 132 valence electrons. The maximum Gasteiger partial charge on any atom is 0.254 e. The van der Waals surface area contributed by atoms with Crippen LogP contribution in [0.2, 0.25) is 5.02 Å².